The Balaban J connectivity index is 1.98. The van der Waals surface area contributed by atoms with Crippen molar-refractivity contribution in [3.8, 4) is 5.75 Å². The third-order valence-electron chi connectivity index (χ3n) is 3.78. The van der Waals surface area contributed by atoms with Crippen molar-refractivity contribution in [2.45, 2.75) is 23.6 Å². The molecule has 0 aliphatic heterocycles. The van der Waals surface area contributed by atoms with Crippen LogP contribution >= 0.6 is 11.8 Å². The Labute approximate surface area is 146 Å². The third kappa shape index (κ3) is 3.52. The van der Waals surface area contributed by atoms with Gasteiger partial charge in [0.25, 0.3) is 0 Å². The SMILES string of the molecule is Cc1ccc(Sc2ccccc2C(=O)c2cc(C)ccc2O)cc1. The summed E-state index contributed by atoms with van der Waals surface area (Å²) in [5.74, 6) is -0.146. The van der Waals surface area contributed by atoms with Crippen LogP contribution in [0.15, 0.2) is 76.5 Å². The number of ketones is 1. The number of hydrogen-bond acceptors (Lipinski definition) is 3. The molecule has 0 saturated heterocycles. The molecule has 0 amide bonds. The normalized spacial score (nSPS) is 10.6. The Morgan fingerprint density at radius 3 is 2.25 bits per heavy atom. The van der Waals surface area contributed by atoms with Crippen LogP contribution < -0.4 is 0 Å². The number of benzene rings is 3. The van der Waals surface area contributed by atoms with Gasteiger partial charge >= 0.3 is 0 Å². The minimum absolute atomic E-state index is 0.0146. The zero-order valence-electron chi connectivity index (χ0n) is 13.6. The molecule has 3 heteroatoms. The molecule has 0 unspecified atom stereocenters. The van der Waals surface area contributed by atoms with Crippen LogP contribution in [0.1, 0.15) is 27.0 Å². The number of rotatable bonds is 4. The molecule has 120 valence electrons. The number of phenols is 1. The van der Waals surface area contributed by atoms with Crippen LogP contribution in [0.3, 0.4) is 0 Å². The van der Waals surface area contributed by atoms with Crippen molar-refractivity contribution in [1.82, 2.24) is 0 Å². The summed E-state index contributed by atoms with van der Waals surface area (Å²) in [6, 6.07) is 20.8. The second-order valence-electron chi connectivity index (χ2n) is 5.76. The van der Waals surface area contributed by atoms with Gasteiger partial charge in [-0.2, -0.15) is 0 Å². The summed E-state index contributed by atoms with van der Waals surface area (Å²) >= 11 is 1.55. The van der Waals surface area contributed by atoms with E-state index < -0.39 is 0 Å². The molecule has 1 N–H and O–H groups in total. The first kappa shape index (κ1) is 16.3. The summed E-state index contributed by atoms with van der Waals surface area (Å²) in [5.41, 5.74) is 3.09. The van der Waals surface area contributed by atoms with Crippen LogP contribution in [0.2, 0.25) is 0 Å². The third-order valence-corrected chi connectivity index (χ3v) is 4.86. The summed E-state index contributed by atoms with van der Waals surface area (Å²) < 4.78 is 0. The van der Waals surface area contributed by atoms with Gasteiger partial charge in [0.15, 0.2) is 5.78 Å². The molecule has 0 radical (unpaired) electrons. The minimum Gasteiger partial charge on any atom is -0.507 e. The zero-order chi connectivity index (χ0) is 17.1. The quantitative estimate of drug-likeness (QED) is 0.650. The molecule has 0 saturated carbocycles. The van der Waals surface area contributed by atoms with Crippen molar-refractivity contribution in [1.29, 1.82) is 0 Å². The Morgan fingerprint density at radius 1 is 0.833 bits per heavy atom. The zero-order valence-corrected chi connectivity index (χ0v) is 14.4. The van der Waals surface area contributed by atoms with Crippen molar-refractivity contribution >= 4 is 17.5 Å². The number of carbonyl (C=O) groups is 1. The van der Waals surface area contributed by atoms with Gasteiger partial charge in [0.2, 0.25) is 0 Å². The molecular weight excluding hydrogens is 316 g/mol. The molecule has 0 fully saturated rings. The fourth-order valence-corrected chi connectivity index (χ4v) is 3.40. The van der Waals surface area contributed by atoms with Crippen molar-refractivity contribution < 1.29 is 9.90 Å². The van der Waals surface area contributed by atoms with E-state index >= 15 is 0 Å². The summed E-state index contributed by atoms with van der Waals surface area (Å²) in [6.07, 6.45) is 0. The molecule has 2 nitrogen and oxygen atoms in total. The van der Waals surface area contributed by atoms with Gasteiger partial charge in [0.05, 0.1) is 5.56 Å². The van der Waals surface area contributed by atoms with Crippen LogP contribution in [0.25, 0.3) is 0 Å². The average Bonchev–Trinajstić information content (AvgIpc) is 2.59. The van der Waals surface area contributed by atoms with E-state index in [9.17, 15) is 9.90 Å². The van der Waals surface area contributed by atoms with Crippen molar-refractivity contribution in [3.63, 3.8) is 0 Å². The number of phenolic OH excluding ortho intramolecular Hbond substituents is 1. The van der Waals surface area contributed by atoms with Gasteiger partial charge in [-0.05, 0) is 50.2 Å². The first-order chi connectivity index (χ1) is 11.5. The lowest BCUT2D eigenvalue weighted by Gasteiger charge is -2.10. The van der Waals surface area contributed by atoms with Gasteiger partial charge in [-0.25, -0.2) is 0 Å². The smallest absolute Gasteiger partial charge is 0.197 e. The molecule has 0 spiro atoms. The highest BCUT2D eigenvalue weighted by molar-refractivity contribution is 7.99. The highest BCUT2D eigenvalue weighted by atomic mass is 32.2. The van der Waals surface area contributed by atoms with Gasteiger partial charge in [-0.15, -0.1) is 0 Å². The molecule has 0 bridgehead atoms. The Morgan fingerprint density at radius 2 is 1.50 bits per heavy atom. The van der Waals surface area contributed by atoms with Crippen LogP contribution in [0.5, 0.6) is 5.75 Å². The summed E-state index contributed by atoms with van der Waals surface area (Å²) in [6.45, 7) is 3.95. The Bertz CT molecular complexity index is 883. The van der Waals surface area contributed by atoms with Crippen LogP contribution in [0.4, 0.5) is 0 Å². The van der Waals surface area contributed by atoms with Crippen molar-refractivity contribution in [2.24, 2.45) is 0 Å². The first-order valence-corrected chi connectivity index (χ1v) is 8.54. The van der Waals surface area contributed by atoms with Gasteiger partial charge in [0.1, 0.15) is 5.75 Å². The van der Waals surface area contributed by atoms with E-state index in [1.54, 1.807) is 36.0 Å². The molecule has 24 heavy (non-hydrogen) atoms. The van der Waals surface area contributed by atoms with E-state index in [0.717, 1.165) is 15.4 Å². The van der Waals surface area contributed by atoms with Crippen LogP contribution in [-0.4, -0.2) is 10.9 Å². The molecule has 0 aliphatic rings. The lowest BCUT2D eigenvalue weighted by molar-refractivity contribution is 0.103. The molecule has 0 aliphatic carbocycles. The maximum absolute atomic E-state index is 12.9. The number of aromatic hydroxyl groups is 1. The predicted molar refractivity (Wildman–Crippen MR) is 98.0 cm³/mol. The molecule has 3 aromatic rings. The molecular formula is C21H18O2S. The first-order valence-electron chi connectivity index (χ1n) is 7.72. The Hall–Kier alpha value is -2.52. The van der Waals surface area contributed by atoms with Gasteiger partial charge in [-0.3, -0.25) is 4.79 Å². The highest BCUT2D eigenvalue weighted by Crippen LogP contribution is 2.33. The maximum atomic E-state index is 12.9. The monoisotopic (exact) mass is 334 g/mol. The number of hydrogen-bond donors (Lipinski definition) is 1. The fourth-order valence-electron chi connectivity index (χ4n) is 2.45. The lowest BCUT2D eigenvalue weighted by Crippen LogP contribution is -2.04. The second kappa shape index (κ2) is 6.93. The predicted octanol–water partition coefficient (Wildman–Crippen LogP) is 5.39. The molecule has 0 aromatic heterocycles. The minimum atomic E-state index is -0.161. The molecule has 0 heterocycles. The summed E-state index contributed by atoms with van der Waals surface area (Å²) in [5, 5.41) is 10.1. The number of aryl methyl sites for hydroxylation is 2. The average molecular weight is 334 g/mol. The van der Waals surface area contributed by atoms with Gasteiger partial charge in [0, 0.05) is 15.4 Å². The largest absolute Gasteiger partial charge is 0.507 e. The van der Waals surface area contributed by atoms with E-state index in [2.05, 4.69) is 12.1 Å². The summed E-state index contributed by atoms with van der Waals surface area (Å²) in [7, 11) is 0. The standard InChI is InChI=1S/C21H18O2S/c1-14-7-10-16(11-8-14)24-20-6-4-3-5-17(20)21(23)18-13-15(2)9-12-19(18)22/h3-13,22H,1-2H3. The highest BCUT2D eigenvalue weighted by Gasteiger charge is 2.17. The van der Waals surface area contributed by atoms with Crippen molar-refractivity contribution in [3.05, 3.63) is 89.0 Å². The van der Waals surface area contributed by atoms with E-state index in [4.69, 9.17) is 0 Å². The van der Waals surface area contributed by atoms with Gasteiger partial charge < -0.3 is 5.11 Å². The lowest BCUT2D eigenvalue weighted by atomic mass is 10.0. The Kier molecular flexibility index (Phi) is 4.72. The number of carbonyl (C=O) groups excluding carboxylic acids is 1. The van der Waals surface area contributed by atoms with E-state index in [0.29, 0.717) is 11.1 Å². The van der Waals surface area contributed by atoms with Crippen molar-refractivity contribution in [2.75, 3.05) is 0 Å². The second-order valence-corrected chi connectivity index (χ2v) is 6.88. The van der Waals surface area contributed by atoms with Crippen LogP contribution in [-0.2, 0) is 0 Å². The molecule has 0 atom stereocenters. The molecule has 3 aromatic carbocycles. The fraction of sp³-hybridized carbons (Fsp3) is 0.0952. The molecule has 3 rings (SSSR count). The van der Waals surface area contributed by atoms with E-state index in [-0.39, 0.29) is 11.5 Å². The van der Waals surface area contributed by atoms with Gasteiger partial charge in [-0.1, -0.05) is 53.2 Å². The topological polar surface area (TPSA) is 37.3 Å². The van der Waals surface area contributed by atoms with E-state index in [1.165, 1.54) is 5.56 Å². The maximum Gasteiger partial charge on any atom is 0.197 e. The van der Waals surface area contributed by atoms with Crippen LogP contribution in [0, 0.1) is 13.8 Å². The van der Waals surface area contributed by atoms with E-state index in [1.807, 2.05) is 44.2 Å². The summed E-state index contributed by atoms with van der Waals surface area (Å²) in [4.78, 5) is 14.9.